The van der Waals surface area contributed by atoms with Gasteiger partial charge in [-0.25, -0.2) is 0 Å². The zero-order valence-electron chi connectivity index (χ0n) is 43.6. The smallest absolute Gasteiger partial charge is 0.220 e. The zero-order chi connectivity index (χ0) is 50.3. The number of allylic oxidation sites excluding steroid dienone is 1. The predicted octanol–water partition coefficient (Wildman–Crippen LogP) is 8.72. The first-order valence-electron chi connectivity index (χ1n) is 28.4. The monoisotopic (exact) mass is 988 g/mol. The first-order chi connectivity index (χ1) is 33.6. The molecule has 0 aromatic carbocycles. The van der Waals surface area contributed by atoms with E-state index in [1.165, 1.54) is 173 Å². The second kappa shape index (κ2) is 42.1. The summed E-state index contributed by atoms with van der Waals surface area (Å²) in [5.74, 6) is -0.235. The molecule has 2 rings (SSSR count). The van der Waals surface area contributed by atoms with Gasteiger partial charge in [-0.05, 0) is 19.3 Å². The number of aliphatic hydroxyl groups is 8. The largest absolute Gasteiger partial charge is 0.394 e. The summed E-state index contributed by atoms with van der Waals surface area (Å²) in [5.41, 5.74) is 0. The SMILES string of the molecule is CCCCCCCCCCCCC/C=C/[C@@H](O)[C@H](CO[C@@H]1O[C@H](CO)[C@H](O[C@H]2O[C@H](CO)[C@H](O)[C@H](O)[C@H]2O)[C@H](O)[C@H]1O)NC(=O)CCCCCCCCCCCCCCCCCCCCCCCC. The van der Waals surface area contributed by atoms with Crippen molar-refractivity contribution >= 4 is 5.91 Å². The van der Waals surface area contributed by atoms with Crippen LogP contribution in [0.5, 0.6) is 0 Å². The maximum atomic E-state index is 13.2. The molecular weight excluding hydrogens is 883 g/mol. The van der Waals surface area contributed by atoms with Crippen molar-refractivity contribution in [2.24, 2.45) is 0 Å². The van der Waals surface area contributed by atoms with E-state index in [0.717, 1.165) is 38.5 Å². The van der Waals surface area contributed by atoms with Crippen molar-refractivity contribution in [3.05, 3.63) is 12.2 Å². The van der Waals surface area contributed by atoms with E-state index in [-0.39, 0.29) is 18.9 Å². The van der Waals surface area contributed by atoms with Crippen molar-refractivity contribution in [2.45, 2.75) is 312 Å². The Kier molecular flexibility index (Phi) is 39.0. The summed E-state index contributed by atoms with van der Waals surface area (Å²) in [6.45, 7) is 2.81. The quantitative estimate of drug-likeness (QED) is 0.0206. The first-order valence-corrected chi connectivity index (χ1v) is 28.4. The number of aliphatic hydroxyl groups excluding tert-OH is 8. The molecule has 14 nitrogen and oxygen atoms in total. The molecule has 0 aromatic rings. The third kappa shape index (κ3) is 28.7. The van der Waals surface area contributed by atoms with Crippen molar-refractivity contribution in [1.29, 1.82) is 0 Å². The number of carbonyl (C=O) groups is 1. The molecule has 0 aliphatic carbocycles. The van der Waals surface area contributed by atoms with Gasteiger partial charge in [-0.1, -0.05) is 225 Å². The van der Waals surface area contributed by atoms with Crippen molar-refractivity contribution in [3.63, 3.8) is 0 Å². The molecule has 0 saturated carbocycles. The maximum absolute atomic E-state index is 13.2. The molecule has 408 valence electrons. The highest BCUT2D eigenvalue weighted by molar-refractivity contribution is 5.76. The third-order valence-electron chi connectivity index (χ3n) is 14.2. The number of hydrogen-bond donors (Lipinski definition) is 9. The number of amides is 1. The van der Waals surface area contributed by atoms with Crippen LogP contribution in [0, 0.1) is 0 Å². The van der Waals surface area contributed by atoms with Crippen molar-refractivity contribution in [1.82, 2.24) is 5.32 Å². The molecule has 2 fully saturated rings. The Morgan fingerprint density at radius 2 is 0.899 bits per heavy atom. The summed E-state index contributed by atoms with van der Waals surface area (Å²) in [6, 6.07) is -0.908. The molecule has 0 radical (unpaired) electrons. The fourth-order valence-corrected chi connectivity index (χ4v) is 9.59. The average molecular weight is 988 g/mol. The minimum Gasteiger partial charge on any atom is -0.394 e. The standard InChI is InChI=1S/C55H105NO13/c1-3-5-7-9-11-13-15-17-18-19-20-21-22-23-24-25-27-29-31-33-35-37-39-47(60)56-43(44(59)38-36-34-32-30-28-26-16-14-12-10-8-6-4-2)42-66-54-52(65)50(63)53(46(41-58)68-54)69-55-51(64)49(62)48(61)45(40-57)67-55/h36,38,43-46,48-55,57-59,61-65H,3-35,37,39-42H2,1-2H3,(H,56,60)/b38-36+/t43-,44+,45+,46+,48-,49-,50+,51+,52+,53-,54+,55+/m0/s1. The fourth-order valence-electron chi connectivity index (χ4n) is 9.59. The summed E-state index contributed by atoms with van der Waals surface area (Å²) in [7, 11) is 0. The third-order valence-corrected chi connectivity index (χ3v) is 14.2. The molecule has 14 heteroatoms. The molecule has 2 aliphatic rings. The van der Waals surface area contributed by atoms with Gasteiger partial charge in [-0.3, -0.25) is 4.79 Å². The number of ether oxygens (including phenoxy) is 4. The van der Waals surface area contributed by atoms with Crippen LogP contribution in [0.15, 0.2) is 12.2 Å². The normalized spacial score (nSPS) is 26.2. The van der Waals surface area contributed by atoms with Crippen LogP contribution in [-0.2, 0) is 23.7 Å². The molecule has 0 aromatic heterocycles. The average Bonchev–Trinajstić information content (AvgIpc) is 3.35. The van der Waals surface area contributed by atoms with Crippen LogP contribution in [0.25, 0.3) is 0 Å². The van der Waals surface area contributed by atoms with Crippen LogP contribution in [0.3, 0.4) is 0 Å². The van der Waals surface area contributed by atoms with Gasteiger partial charge in [0.05, 0.1) is 32.0 Å². The van der Waals surface area contributed by atoms with E-state index < -0.39 is 86.8 Å². The van der Waals surface area contributed by atoms with Gasteiger partial charge in [0.15, 0.2) is 12.6 Å². The molecule has 0 bridgehead atoms. The Bertz CT molecular complexity index is 1210. The van der Waals surface area contributed by atoms with Gasteiger partial charge in [0.2, 0.25) is 5.91 Å². The number of unbranched alkanes of at least 4 members (excludes halogenated alkanes) is 32. The minimum atomic E-state index is -1.78. The lowest BCUT2D eigenvalue weighted by molar-refractivity contribution is -0.359. The lowest BCUT2D eigenvalue weighted by Crippen LogP contribution is -2.65. The van der Waals surface area contributed by atoms with Gasteiger partial charge < -0.3 is 65.1 Å². The molecule has 0 unspecified atom stereocenters. The predicted molar refractivity (Wildman–Crippen MR) is 272 cm³/mol. The lowest BCUT2D eigenvalue weighted by Gasteiger charge is -2.46. The van der Waals surface area contributed by atoms with E-state index in [2.05, 4.69) is 19.2 Å². The molecule has 2 heterocycles. The molecule has 2 aliphatic heterocycles. The van der Waals surface area contributed by atoms with E-state index >= 15 is 0 Å². The van der Waals surface area contributed by atoms with E-state index in [9.17, 15) is 45.6 Å². The van der Waals surface area contributed by atoms with Crippen LogP contribution < -0.4 is 5.32 Å². The first kappa shape index (κ1) is 63.8. The van der Waals surface area contributed by atoms with E-state index in [1.807, 2.05) is 6.08 Å². The second-order valence-corrected chi connectivity index (χ2v) is 20.4. The van der Waals surface area contributed by atoms with Gasteiger partial charge >= 0.3 is 0 Å². The number of rotatable bonds is 45. The van der Waals surface area contributed by atoms with Crippen LogP contribution >= 0.6 is 0 Å². The van der Waals surface area contributed by atoms with Gasteiger partial charge in [-0.2, -0.15) is 0 Å². The summed E-state index contributed by atoms with van der Waals surface area (Å²) in [6.07, 6.45) is 29.7. The molecule has 69 heavy (non-hydrogen) atoms. The fraction of sp³-hybridized carbons (Fsp3) is 0.945. The van der Waals surface area contributed by atoms with Gasteiger partial charge in [0, 0.05) is 6.42 Å². The van der Waals surface area contributed by atoms with Crippen LogP contribution in [0.2, 0.25) is 0 Å². The lowest BCUT2D eigenvalue weighted by atomic mass is 9.97. The molecule has 2 saturated heterocycles. The van der Waals surface area contributed by atoms with Crippen LogP contribution in [0.1, 0.15) is 239 Å². The van der Waals surface area contributed by atoms with Gasteiger partial charge in [0.1, 0.15) is 48.8 Å². The highest BCUT2D eigenvalue weighted by atomic mass is 16.7. The van der Waals surface area contributed by atoms with Crippen molar-refractivity contribution in [2.75, 3.05) is 19.8 Å². The topological polar surface area (TPSA) is 228 Å². The van der Waals surface area contributed by atoms with Crippen molar-refractivity contribution in [3.8, 4) is 0 Å². The minimum absolute atomic E-state index is 0.235. The highest BCUT2D eigenvalue weighted by Crippen LogP contribution is 2.30. The van der Waals surface area contributed by atoms with Crippen LogP contribution in [-0.4, -0.2) is 140 Å². The van der Waals surface area contributed by atoms with E-state index in [1.54, 1.807) is 6.08 Å². The molecule has 12 atom stereocenters. The Morgan fingerprint density at radius 3 is 1.33 bits per heavy atom. The number of nitrogens with one attached hydrogen (secondary N) is 1. The van der Waals surface area contributed by atoms with Gasteiger partial charge in [0.25, 0.3) is 0 Å². The Hall–Kier alpha value is -1.27. The van der Waals surface area contributed by atoms with E-state index in [0.29, 0.717) is 6.42 Å². The number of hydrogen-bond acceptors (Lipinski definition) is 13. The molecule has 1 amide bonds. The molecule has 9 N–H and O–H groups in total. The summed E-state index contributed by atoms with van der Waals surface area (Å²) in [4.78, 5) is 13.2. The van der Waals surface area contributed by atoms with Crippen molar-refractivity contribution < 1.29 is 64.6 Å². The highest BCUT2D eigenvalue weighted by Gasteiger charge is 2.51. The van der Waals surface area contributed by atoms with Crippen LogP contribution in [0.4, 0.5) is 0 Å². The Morgan fingerprint density at radius 1 is 0.507 bits per heavy atom. The summed E-state index contributed by atoms with van der Waals surface area (Å²) in [5, 5.41) is 86.9. The summed E-state index contributed by atoms with van der Waals surface area (Å²) < 4.78 is 22.7. The second-order valence-electron chi connectivity index (χ2n) is 20.4. The zero-order valence-corrected chi connectivity index (χ0v) is 43.6. The van der Waals surface area contributed by atoms with Gasteiger partial charge in [-0.15, -0.1) is 0 Å². The molecular formula is C55H105NO13. The Balaban J connectivity index is 1.76. The van der Waals surface area contributed by atoms with E-state index in [4.69, 9.17) is 18.9 Å². The number of carbonyl (C=O) groups excluding carboxylic acids is 1. The molecule has 0 spiro atoms. The Labute approximate surface area is 418 Å². The summed E-state index contributed by atoms with van der Waals surface area (Å²) >= 11 is 0. The maximum Gasteiger partial charge on any atom is 0.220 e.